The predicted octanol–water partition coefficient (Wildman–Crippen LogP) is 3.46. The molecule has 1 amide bonds. The average molecular weight is 353 g/mol. The van der Waals surface area contributed by atoms with Gasteiger partial charge in [-0.05, 0) is 49.3 Å². The number of nitrogens with one attached hydrogen (secondary N) is 1. The second kappa shape index (κ2) is 5.45. The zero-order valence-electron chi connectivity index (χ0n) is 11.1. The van der Waals surface area contributed by atoms with Gasteiger partial charge >= 0.3 is 0 Å². The highest BCUT2D eigenvalue weighted by atomic mass is 79.9. The van der Waals surface area contributed by atoms with Crippen LogP contribution in [0.5, 0.6) is 0 Å². The van der Waals surface area contributed by atoms with Crippen LogP contribution in [0, 0.1) is 17.8 Å². The van der Waals surface area contributed by atoms with Crippen LogP contribution in [0.2, 0.25) is 0 Å². The molecule has 2 aliphatic rings. The van der Waals surface area contributed by atoms with E-state index in [4.69, 9.17) is 18.0 Å². The summed E-state index contributed by atoms with van der Waals surface area (Å²) in [5.74, 6) is 1.61. The van der Waals surface area contributed by atoms with E-state index in [0.717, 1.165) is 22.4 Å². The van der Waals surface area contributed by atoms with Crippen LogP contribution in [-0.2, 0) is 4.79 Å². The number of carbonyl (C=O) groups excluding carboxylic acids is 1. The van der Waals surface area contributed by atoms with Gasteiger partial charge in [-0.25, -0.2) is 0 Å². The molecule has 2 aliphatic carbocycles. The second-order valence-corrected chi connectivity index (χ2v) is 7.18. The molecule has 3 N–H and O–H groups in total. The van der Waals surface area contributed by atoms with Crippen molar-refractivity contribution in [1.82, 2.24) is 0 Å². The first-order valence-electron chi connectivity index (χ1n) is 6.95. The van der Waals surface area contributed by atoms with Gasteiger partial charge in [0.25, 0.3) is 0 Å². The monoisotopic (exact) mass is 352 g/mol. The zero-order chi connectivity index (χ0) is 14.3. The highest BCUT2D eigenvalue weighted by molar-refractivity contribution is 9.10. The molecule has 3 nitrogen and oxygen atoms in total. The Morgan fingerprint density at radius 2 is 2.15 bits per heavy atom. The summed E-state index contributed by atoms with van der Waals surface area (Å²) >= 11 is 8.46. The lowest BCUT2D eigenvalue weighted by atomic mass is 9.88. The third kappa shape index (κ3) is 2.61. The first kappa shape index (κ1) is 14.0. The number of nitrogens with two attached hydrogens (primary N) is 1. The number of benzene rings is 1. The molecule has 5 heteroatoms. The summed E-state index contributed by atoms with van der Waals surface area (Å²) in [6.45, 7) is 0. The summed E-state index contributed by atoms with van der Waals surface area (Å²) in [6, 6.07) is 5.57. The minimum Gasteiger partial charge on any atom is -0.389 e. The van der Waals surface area contributed by atoms with Crippen LogP contribution in [0.3, 0.4) is 0 Å². The quantitative estimate of drug-likeness (QED) is 0.819. The Bertz CT molecular complexity index is 575. The zero-order valence-corrected chi connectivity index (χ0v) is 13.5. The van der Waals surface area contributed by atoms with Gasteiger partial charge in [-0.1, -0.05) is 34.6 Å². The number of rotatable bonds is 3. The maximum Gasteiger partial charge on any atom is 0.227 e. The molecular weight excluding hydrogens is 336 g/mol. The third-order valence-corrected chi connectivity index (χ3v) is 5.29. The molecule has 3 atom stereocenters. The van der Waals surface area contributed by atoms with Gasteiger partial charge in [-0.15, -0.1) is 0 Å². The first-order valence-corrected chi connectivity index (χ1v) is 8.15. The number of carbonyl (C=O) groups is 1. The molecule has 2 fully saturated rings. The number of halogens is 1. The molecule has 0 saturated heterocycles. The predicted molar refractivity (Wildman–Crippen MR) is 87.6 cm³/mol. The maximum atomic E-state index is 12.5. The lowest BCUT2D eigenvalue weighted by Gasteiger charge is -2.21. The van der Waals surface area contributed by atoms with E-state index in [1.54, 1.807) is 0 Å². The molecular formula is C15H17BrN2OS. The molecule has 106 valence electrons. The highest BCUT2D eigenvalue weighted by Crippen LogP contribution is 2.48. The van der Waals surface area contributed by atoms with Crippen LogP contribution in [0.25, 0.3) is 0 Å². The summed E-state index contributed by atoms with van der Waals surface area (Å²) in [6.07, 6.45) is 4.75. The van der Waals surface area contributed by atoms with E-state index in [2.05, 4.69) is 21.2 Å². The highest BCUT2D eigenvalue weighted by Gasteiger charge is 2.43. The van der Waals surface area contributed by atoms with E-state index >= 15 is 0 Å². The van der Waals surface area contributed by atoms with Gasteiger partial charge in [0.1, 0.15) is 4.99 Å². The van der Waals surface area contributed by atoms with E-state index in [0.29, 0.717) is 16.6 Å². The fourth-order valence-corrected chi connectivity index (χ4v) is 4.17. The van der Waals surface area contributed by atoms with Crippen molar-refractivity contribution in [1.29, 1.82) is 0 Å². The fourth-order valence-electron chi connectivity index (χ4n) is 3.63. The summed E-state index contributed by atoms with van der Waals surface area (Å²) in [4.78, 5) is 12.8. The van der Waals surface area contributed by atoms with E-state index in [9.17, 15) is 4.79 Å². The van der Waals surface area contributed by atoms with Crippen molar-refractivity contribution < 1.29 is 4.79 Å². The Labute approximate surface area is 132 Å². The molecule has 0 heterocycles. The van der Waals surface area contributed by atoms with E-state index in [1.165, 1.54) is 19.3 Å². The Hall–Kier alpha value is -0.940. The molecule has 0 radical (unpaired) electrons. The molecule has 3 unspecified atom stereocenters. The topological polar surface area (TPSA) is 55.1 Å². The third-order valence-electron chi connectivity index (χ3n) is 4.58. The molecule has 2 bridgehead atoms. The van der Waals surface area contributed by atoms with Gasteiger partial charge < -0.3 is 11.1 Å². The molecule has 0 spiro atoms. The first-order chi connectivity index (χ1) is 9.54. The number of anilines is 1. The van der Waals surface area contributed by atoms with Crippen LogP contribution >= 0.6 is 28.1 Å². The van der Waals surface area contributed by atoms with E-state index < -0.39 is 0 Å². The number of hydrogen-bond acceptors (Lipinski definition) is 2. The second-order valence-electron chi connectivity index (χ2n) is 5.82. The minimum absolute atomic E-state index is 0.118. The van der Waals surface area contributed by atoms with Crippen molar-refractivity contribution in [3.8, 4) is 0 Å². The van der Waals surface area contributed by atoms with Gasteiger partial charge in [0, 0.05) is 16.0 Å². The van der Waals surface area contributed by atoms with Crippen molar-refractivity contribution in [2.75, 3.05) is 5.32 Å². The smallest absolute Gasteiger partial charge is 0.227 e. The van der Waals surface area contributed by atoms with E-state index in [-0.39, 0.29) is 11.8 Å². The average Bonchev–Trinajstić information content (AvgIpc) is 3.00. The Balaban J connectivity index is 1.79. The van der Waals surface area contributed by atoms with Crippen molar-refractivity contribution in [3.63, 3.8) is 0 Å². The Morgan fingerprint density at radius 3 is 2.75 bits per heavy atom. The summed E-state index contributed by atoms with van der Waals surface area (Å²) in [5, 5.41) is 3.02. The molecule has 1 aromatic rings. The Kier molecular flexibility index (Phi) is 3.82. The normalized spacial score (nSPS) is 27.6. The van der Waals surface area contributed by atoms with Gasteiger partial charge in [-0.2, -0.15) is 0 Å². The van der Waals surface area contributed by atoms with Gasteiger partial charge in [0.15, 0.2) is 0 Å². The van der Waals surface area contributed by atoms with Crippen molar-refractivity contribution in [2.24, 2.45) is 23.5 Å². The van der Waals surface area contributed by atoms with Crippen LogP contribution in [0.4, 0.5) is 5.69 Å². The van der Waals surface area contributed by atoms with Crippen molar-refractivity contribution in [2.45, 2.75) is 25.7 Å². The summed E-state index contributed by atoms with van der Waals surface area (Å²) in [7, 11) is 0. The number of amides is 1. The maximum absolute atomic E-state index is 12.5. The molecule has 2 saturated carbocycles. The molecule has 20 heavy (non-hydrogen) atoms. The molecule has 0 aliphatic heterocycles. The van der Waals surface area contributed by atoms with E-state index in [1.807, 2.05) is 18.2 Å². The van der Waals surface area contributed by atoms with Crippen LogP contribution < -0.4 is 11.1 Å². The number of thiocarbonyl (C=S) groups is 1. The van der Waals surface area contributed by atoms with Crippen molar-refractivity contribution in [3.05, 3.63) is 28.2 Å². The van der Waals surface area contributed by atoms with Crippen LogP contribution in [-0.4, -0.2) is 10.9 Å². The van der Waals surface area contributed by atoms with Gasteiger partial charge in [0.2, 0.25) is 5.91 Å². The fraction of sp³-hybridized carbons (Fsp3) is 0.467. The summed E-state index contributed by atoms with van der Waals surface area (Å²) < 4.78 is 0.903. The molecule has 0 aromatic heterocycles. The van der Waals surface area contributed by atoms with Gasteiger partial charge in [-0.3, -0.25) is 4.79 Å². The van der Waals surface area contributed by atoms with Gasteiger partial charge in [0.05, 0.1) is 5.69 Å². The molecule has 1 aromatic carbocycles. The van der Waals surface area contributed by atoms with Crippen LogP contribution in [0.15, 0.2) is 22.7 Å². The van der Waals surface area contributed by atoms with Crippen molar-refractivity contribution >= 4 is 44.7 Å². The minimum atomic E-state index is 0.118. The lowest BCUT2D eigenvalue weighted by Crippen LogP contribution is -2.28. The number of hydrogen-bond donors (Lipinski definition) is 2. The largest absolute Gasteiger partial charge is 0.389 e. The summed E-state index contributed by atoms with van der Waals surface area (Å²) in [5.41, 5.74) is 7.15. The lowest BCUT2D eigenvalue weighted by molar-refractivity contribution is -0.121. The standard InChI is InChI=1S/C15H17BrN2OS/c16-10-3-4-11(14(17)20)13(7-10)18-15(19)12-6-8-1-2-9(12)5-8/h3-4,7-9,12H,1-2,5-6H2,(H2,17,20)(H,18,19). The molecule has 3 rings (SSSR count). The van der Waals surface area contributed by atoms with Crippen LogP contribution in [0.1, 0.15) is 31.2 Å². The Morgan fingerprint density at radius 1 is 1.35 bits per heavy atom. The number of fused-ring (bicyclic) bond motifs is 2. The SMILES string of the molecule is NC(=S)c1ccc(Br)cc1NC(=O)C1CC2CCC1C2.